The van der Waals surface area contributed by atoms with Gasteiger partial charge in [-0.3, -0.25) is 0 Å². The highest BCUT2D eigenvalue weighted by atomic mass is 15.0. The molecule has 0 spiro atoms. The minimum Gasteiger partial charge on any atom is -0.370 e. The van der Waals surface area contributed by atoms with E-state index in [1.54, 1.807) is 6.33 Å². The number of nitrogens with zero attached hydrogens (tertiary/aromatic N) is 2. The van der Waals surface area contributed by atoms with Gasteiger partial charge in [0.2, 0.25) is 0 Å². The molecule has 0 radical (unpaired) electrons. The van der Waals surface area contributed by atoms with Crippen molar-refractivity contribution in [3.8, 4) is 0 Å². The van der Waals surface area contributed by atoms with Gasteiger partial charge in [-0.15, -0.1) is 0 Å². The van der Waals surface area contributed by atoms with E-state index in [2.05, 4.69) is 15.3 Å². The zero-order chi connectivity index (χ0) is 12.1. The van der Waals surface area contributed by atoms with E-state index in [4.69, 9.17) is 5.73 Å². The monoisotopic (exact) mass is 234 g/mol. The van der Waals surface area contributed by atoms with Gasteiger partial charge in [0.05, 0.1) is 0 Å². The van der Waals surface area contributed by atoms with E-state index >= 15 is 0 Å². The molecule has 0 saturated heterocycles. The number of nitrogens with one attached hydrogen (secondary N) is 1. The summed E-state index contributed by atoms with van der Waals surface area (Å²) < 4.78 is 0. The standard InChI is InChI=1S/C13H22N4/c1-10(14)5-4-8-15-13-11-6-2-3-7-12(11)16-9-17-13/h9-10H,2-8,14H2,1H3,(H,15,16,17). The van der Waals surface area contributed by atoms with Gasteiger partial charge in [-0.05, 0) is 45.4 Å². The maximum Gasteiger partial charge on any atom is 0.132 e. The fraction of sp³-hybridized carbons (Fsp3) is 0.692. The van der Waals surface area contributed by atoms with Crippen LogP contribution in [0.4, 0.5) is 5.82 Å². The zero-order valence-electron chi connectivity index (χ0n) is 10.6. The van der Waals surface area contributed by atoms with Crippen molar-refractivity contribution in [2.75, 3.05) is 11.9 Å². The molecule has 0 amide bonds. The summed E-state index contributed by atoms with van der Waals surface area (Å²) in [5.41, 5.74) is 8.30. The average Bonchev–Trinajstić information content (AvgIpc) is 2.34. The number of anilines is 1. The van der Waals surface area contributed by atoms with Crippen LogP contribution in [-0.2, 0) is 12.8 Å². The van der Waals surface area contributed by atoms with Crippen molar-refractivity contribution in [3.05, 3.63) is 17.6 Å². The smallest absolute Gasteiger partial charge is 0.132 e. The van der Waals surface area contributed by atoms with Gasteiger partial charge in [-0.2, -0.15) is 0 Å². The van der Waals surface area contributed by atoms with Crippen LogP contribution in [0, 0.1) is 0 Å². The molecule has 0 saturated carbocycles. The molecule has 1 aromatic heterocycles. The van der Waals surface area contributed by atoms with Gasteiger partial charge in [-0.25, -0.2) is 9.97 Å². The Morgan fingerprint density at radius 2 is 2.18 bits per heavy atom. The largest absolute Gasteiger partial charge is 0.370 e. The zero-order valence-corrected chi connectivity index (χ0v) is 10.6. The molecule has 0 aromatic carbocycles. The van der Waals surface area contributed by atoms with E-state index in [9.17, 15) is 0 Å². The van der Waals surface area contributed by atoms with E-state index in [0.29, 0.717) is 0 Å². The molecular formula is C13H22N4. The van der Waals surface area contributed by atoms with Gasteiger partial charge < -0.3 is 11.1 Å². The Hall–Kier alpha value is -1.16. The summed E-state index contributed by atoms with van der Waals surface area (Å²) in [7, 11) is 0. The Labute approximate surface area is 103 Å². The van der Waals surface area contributed by atoms with E-state index in [1.807, 2.05) is 6.92 Å². The highest BCUT2D eigenvalue weighted by molar-refractivity contribution is 5.46. The van der Waals surface area contributed by atoms with Gasteiger partial charge in [0.1, 0.15) is 12.1 Å². The maximum atomic E-state index is 5.73. The van der Waals surface area contributed by atoms with Crippen LogP contribution in [0.25, 0.3) is 0 Å². The first-order chi connectivity index (χ1) is 8.27. The van der Waals surface area contributed by atoms with Crippen molar-refractivity contribution in [1.82, 2.24) is 9.97 Å². The number of nitrogens with two attached hydrogens (primary N) is 1. The Balaban J connectivity index is 1.92. The number of aryl methyl sites for hydroxylation is 1. The first-order valence-electron chi connectivity index (χ1n) is 6.59. The Bertz CT molecular complexity index is 362. The Morgan fingerprint density at radius 3 is 3.00 bits per heavy atom. The molecule has 1 aliphatic carbocycles. The molecule has 0 fully saturated rings. The van der Waals surface area contributed by atoms with Crippen LogP contribution in [0.2, 0.25) is 0 Å². The van der Waals surface area contributed by atoms with Crippen molar-refractivity contribution in [2.45, 2.75) is 51.5 Å². The van der Waals surface area contributed by atoms with Crippen LogP contribution in [-0.4, -0.2) is 22.6 Å². The maximum absolute atomic E-state index is 5.73. The molecule has 3 N–H and O–H groups in total. The summed E-state index contributed by atoms with van der Waals surface area (Å²) in [4.78, 5) is 8.72. The van der Waals surface area contributed by atoms with Crippen molar-refractivity contribution >= 4 is 5.82 Å². The van der Waals surface area contributed by atoms with Crippen LogP contribution in [0.5, 0.6) is 0 Å². The number of rotatable bonds is 5. The molecule has 4 nitrogen and oxygen atoms in total. The molecule has 1 aliphatic rings. The van der Waals surface area contributed by atoms with E-state index in [1.165, 1.54) is 24.1 Å². The number of hydrogen-bond donors (Lipinski definition) is 2. The van der Waals surface area contributed by atoms with Gasteiger partial charge in [0, 0.05) is 23.8 Å². The lowest BCUT2D eigenvalue weighted by atomic mass is 9.96. The molecule has 1 aromatic rings. The van der Waals surface area contributed by atoms with Crippen molar-refractivity contribution in [3.63, 3.8) is 0 Å². The number of hydrogen-bond acceptors (Lipinski definition) is 4. The second-order valence-corrected chi connectivity index (χ2v) is 4.90. The molecular weight excluding hydrogens is 212 g/mol. The first-order valence-corrected chi connectivity index (χ1v) is 6.59. The first kappa shape index (κ1) is 12.3. The average molecular weight is 234 g/mol. The fourth-order valence-electron chi connectivity index (χ4n) is 2.30. The molecule has 2 rings (SSSR count). The lowest BCUT2D eigenvalue weighted by Gasteiger charge is -2.18. The second kappa shape index (κ2) is 5.96. The van der Waals surface area contributed by atoms with Gasteiger partial charge in [-0.1, -0.05) is 0 Å². The van der Waals surface area contributed by atoms with Crippen LogP contribution >= 0.6 is 0 Å². The molecule has 0 aliphatic heterocycles. The summed E-state index contributed by atoms with van der Waals surface area (Å²) in [5.74, 6) is 1.04. The minimum absolute atomic E-state index is 0.288. The highest BCUT2D eigenvalue weighted by Gasteiger charge is 2.14. The molecule has 17 heavy (non-hydrogen) atoms. The lowest BCUT2D eigenvalue weighted by molar-refractivity contribution is 0.635. The van der Waals surface area contributed by atoms with Crippen LogP contribution < -0.4 is 11.1 Å². The third kappa shape index (κ3) is 3.40. The SMILES string of the molecule is CC(N)CCCNc1ncnc2c1CCCC2. The van der Waals surface area contributed by atoms with Crippen molar-refractivity contribution in [2.24, 2.45) is 5.73 Å². The minimum atomic E-state index is 0.288. The van der Waals surface area contributed by atoms with E-state index in [0.717, 1.165) is 38.0 Å². The number of aromatic nitrogens is 2. The second-order valence-electron chi connectivity index (χ2n) is 4.90. The van der Waals surface area contributed by atoms with E-state index in [-0.39, 0.29) is 6.04 Å². The predicted molar refractivity (Wildman–Crippen MR) is 70.0 cm³/mol. The van der Waals surface area contributed by atoms with Crippen LogP contribution in [0.15, 0.2) is 6.33 Å². The van der Waals surface area contributed by atoms with Crippen molar-refractivity contribution < 1.29 is 0 Å². The Morgan fingerprint density at radius 1 is 1.35 bits per heavy atom. The van der Waals surface area contributed by atoms with Gasteiger partial charge in [0.15, 0.2) is 0 Å². The topological polar surface area (TPSA) is 63.8 Å². The highest BCUT2D eigenvalue weighted by Crippen LogP contribution is 2.24. The molecule has 4 heteroatoms. The molecule has 1 atom stereocenters. The summed E-state index contributed by atoms with van der Waals surface area (Å²) in [6.45, 7) is 3.00. The van der Waals surface area contributed by atoms with Crippen LogP contribution in [0.3, 0.4) is 0 Å². The third-order valence-electron chi connectivity index (χ3n) is 3.25. The third-order valence-corrected chi connectivity index (χ3v) is 3.25. The quantitative estimate of drug-likeness (QED) is 0.764. The van der Waals surface area contributed by atoms with E-state index < -0.39 is 0 Å². The Kier molecular flexibility index (Phi) is 4.31. The molecule has 0 bridgehead atoms. The normalized spacial score (nSPS) is 16.4. The van der Waals surface area contributed by atoms with Crippen LogP contribution in [0.1, 0.15) is 43.9 Å². The fourth-order valence-corrected chi connectivity index (χ4v) is 2.30. The summed E-state index contributed by atoms with van der Waals surface area (Å²) in [6, 6.07) is 0.288. The summed E-state index contributed by atoms with van der Waals surface area (Å²) in [6.07, 6.45) is 8.57. The van der Waals surface area contributed by atoms with Gasteiger partial charge >= 0.3 is 0 Å². The molecule has 1 unspecified atom stereocenters. The van der Waals surface area contributed by atoms with Gasteiger partial charge in [0.25, 0.3) is 0 Å². The predicted octanol–water partition coefficient (Wildman–Crippen LogP) is 1.89. The van der Waals surface area contributed by atoms with Crippen molar-refractivity contribution in [1.29, 1.82) is 0 Å². The summed E-state index contributed by atoms with van der Waals surface area (Å²) >= 11 is 0. The lowest BCUT2D eigenvalue weighted by Crippen LogP contribution is -2.17. The molecule has 94 valence electrons. The molecule has 1 heterocycles. The summed E-state index contributed by atoms with van der Waals surface area (Å²) in [5, 5.41) is 3.42. The number of fused-ring (bicyclic) bond motifs is 1.